The zero-order valence-electron chi connectivity index (χ0n) is 13.9. The summed E-state index contributed by atoms with van der Waals surface area (Å²) in [6, 6.07) is 9.86. The van der Waals surface area contributed by atoms with Crippen LogP contribution in [0.5, 0.6) is 5.75 Å². The Kier molecular flexibility index (Phi) is 4.99. The Morgan fingerprint density at radius 2 is 1.57 bits per heavy atom. The first-order chi connectivity index (χ1) is 13.1. The van der Waals surface area contributed by atoms with Gasteiger partial charge in [-0.25, -0.2) is 16.8 Å². The Morgan fingerprint density at radius 3 is 2.11 bits per heavy atom. The first-order valence-electron chi connectivity index (χ1n) is 7.65. The van der Waals surface area contributed by atoms with E-state index in [1.807, 2.05) is 0 Å². The summed E-state index contributed by atoms with van der Waals surface area (Å²) in [5.74, 6) is -1.10. The summed E-state index contributed by atoms with van der Waals surface area (Å²) in [4.78, 5) is 10.8. The standard InChI is InChI=1S/C18H11F4NO4S/c19-14-3-1-13(2-4-14)17-9-12(11-24)10-23(17)28(25,26)16-7-5-15(6-8-16)27-18(20,21)22/h1-11H. The third kappa shape index (κ3) is 4.06. The Bertz CT molecular complexity index is 1100. The highest BCUT2D eigenvalue weighted by Crippen LogP contribution is 2.29. The molecule has 3 aromatic rings. The van der Waals surface area contributed by atoms with Crippen LogP contribution in [0, 0.1) is 5.82 Å². The zero-order chi connectivity index (χ0) is 20.5. The average Bonchev–Trinajstić information content (AvgIpc) is 3.07. The Balaban J connectivity index is 2.05. The highest BCUT2D eigenvalue weighted by Gasteiger charge is 2.31. The van der Waals surface area contributed by atoms with E-state index in [1.54, 1.807) is 0 Å². The molecular weight excluding hydrogens is 402 g/mol. The fourth-order valence-electron chi connectivity index (χ4n) is 2.49. The maximum Gasteiger partial charge on any atom is 0.573 e. The van der Waals surface area contributed by atoms with E-state index in [1.165, 1.54) is 18.2 Å². The lowest BCUT2D eigenvalue weighted by Crippen LogP contribution is -2.17. The second-order valence-electron chi connectivity index (χ2n) is 5.60. The summed E-state index contributed by atoms with van der Waals surface area (Å²) in [5, 5.41) is 0. The predicted molar refractivity (Wildman–Crippen MR) is 90.9 cm³/mol. The molecule has 0 bridgehead atoms. The van der Waals surface area contributed by atoms with Gasteiger partial charge in [0.25, 0.3) is 10.0 Å². The number of rotatable bonds is 5. The molecule has 0 unspecified atom stereocenters. The van der Waals surface area contributed by atoms with Crippen molar-refractivity contribution < 1.29 is 35.5 Å². The second kappa shape index (κ2) is 7.12. The van der Waals surface area contributed by atoms with Crippen LogP contribution in [-0.4, -0.2) is 25.0 Å². The monoisotopic (exact) mass is 413 g/mol. The maximum atomic E-state index is 13.2. The maximum absolute atomic E-state index is 13.2. The third-order valence-electron chi connectivity index (χ3n) is 3.70. The van der Waals surface area contributed by atoms with Gasteiger partial charge in [-0.15, -0.1) is 13.2 Å². The molecule has 146 valence electrons. The predicted octanol–water partition coefficient (Wildman–Crippen LogP) is 4.24. The van der Waals surface area contributed by atoms with E-state index in [-0.39, 0.29) is 16.2 Å². The fourth-order valence-corrected chi connectivity index (χ4v) is 3.87. The van der Waals surface area contributed by atoms with Crippen molar-refractivity contribution in [1.29, 1.82) is 0 Å². The summed E-state index contributed by atoms with van der Waals surface area (Å²) < 4.78 is 80.3. The third-order valence-corrected chi connectivity index (χ3v) is 5.39. The average molecular weight is 413 g/mol. The molecule has 1 aromatic heterocycles. The van der Waals surface area contributed by atoms with Gasteiger partial charge in [-0.3, -0.25) is 4.79 Å². The van der Waals surface area contributed by atoms with Gasteiger partial charge in [0.2, 0.25) is 0 Å². The van der Waals surface area contributed by atoms with E-state index in [9.17, 15) is 30.8 Å². The first-order valence-corrected chi connectivity index (χ1v) is 9.09. The number of hydrogen-bond acceptors (Lipinski definition) is 4. The number of carbonyl (C=O) groups excluding carboxylic acids is 1. The van der Waals surface area contributed by atoms with Crippen LogP contribution in [0.15, 0.2) is 65.7 Å². The number of halogens is 4. The summed E-state index contributed by atoms with van der Waals surface area (Å²) in [6.45, 7) is 0. The largest absolute Gasteiger partial charge is 0.573 e. The van der Waals surface area contributed by atoms with Crippen molar-refractivity contribution in [3.63, 3.8) is 0 Å². The molecule has 0 spiro atoms. The lowest BCUT2D eigenvalue weighted by Gasteiger charge is -2.12. The van der Waals surface area contributed by atoms with Crippen molar-refractivity contribution >= 4 is 16.3 Å². The number of hydrogen-bond donors (Lipinski definition) is 0. The van der Waals surface area contributed by atoms with Gasteiger partial charge in [0.15, 0.2) is 6.29 Å². The molecule has 0 saturated heterocycles. The van der Waals surface area contributed by atoms with Crippen molar-refractivity contribution in [3.05, 3.63) is 72.2 Å². The van der Waals surface area contributed by atoms with Gasteiger partial charge in [0.1, 0.15) is 11.6 Å². The fraction of sp³-hybridized carbons (Fsp3) is 0.0556. The number of ether oxygens (including phenoxy) is 1. The van der Waals surface area contributed by atoms with Crippen molar-refractivity contribution in [2.75, 3.05) is 0 Å². The minimum atomic E-state index is -4.91. The van der Waals surface area contributed by atoms with E-state index in [0.29, 0.717) is 11.8 Å². The van der Waals surface area contributed by atoms with Gasteiger partial charge in [-0.1, -0.05) is 0 Å². The van der Waals surface area contributed by atoms with E-state index in [2.05, 4.69) is 4.74 Å². The number of carbonyl (C=O) groups is 1. The van der Waals surface area contributed by atoms with Crippen LogP contribution in [0.1, 0.15) is 10.4 Å². The quantitative estimate of drug-likeness (QED) is 0.464. The van der Waals surface area contributed by atoms with Crippen LogP contribution >= 0.6 is 0 Å². The number of aldehydes is 1. The summed E-state index contributed by atoms with van der Waals surface area (Å²) >= 11 is 0. The molecule has 0 saturated carbocycles. The summed E-state index contributed by atoms with van der Waals surface area (Å²) in [5.41, 5.74) is 0.479. The van der Waals surface area contributed by atoms with Crippen LogP contribution in [0.25, 0.3) is 11.3 Å². The minimum absolute atomic E-state index is 0.0555. The van der Waals surface area contributed by atoms with Crippen molar-refractivity contribution in [2.24, 2.45) is 0 Å². The van der Waals surface area contributed by atoms with E-state index < -0.39 is 28.0 Å². The van der Waals surface area contributed by atoms with E-state index in [0.717, 1.165) is 46.6 Å². The molecular formula is C18H11F4NO4S. The number of aromatic nitrogens is 1. The molecule has 28 heavy (non-hydrogen) atoms. The molecule has 0 atom stereocenters. The van der Waals surface area contributed by atoms with Gasteiger partial charge >= 0.3 is 6.36 Å². The van der Waals surface area contributed by atoms with Crippen LogP contribution in [0.2, 0.25) is 0 Å². The molecule has 10 heteroatoms. The summed E-state index contributed by atoms with van der Waals surface area (Å²) in [6.07, 6.45) is -3.39. The molecule has 0 amide bonds. The molecule has 1 heterocycles. The van der Waals surface area contributed by atoms with Gasteiger partial charge in [0, 0.05) is 11.8 Å². The van der Waals surface area contributed by atoms with Gasteiger partial charge in [-0.05, 0) is 60.2 Å². The molecule has 0 radical (unpaired) electrons. The lowest BCUT2D eigenvalue weighted by molar-refractivity contribution is -0.274. The molecule has 0 N–H and O–H groups in total. The normalized spacial score (nSPS) is 12.0. The molecule has 5 nitrogen and oxygen atoms in total. The van der Waals surface area contributed by atoms with Crippen LogP contribution in [0.4, 0.5) is 17.6 Å². The molecule has 2 aromatic carbocycles. The van der Waals surface area contributed by atoms with E-state index >= 15 is 0 Å². The SMILES string of the molecule is O=Cc1cc(-c2ccc(F)cc2)n(S(=O)(=O)c2ccc(OC(F)(F)F)cc2)c1. The number of benzene rings is 2. The zero-order valence-corrected chi connectivity index (χ0v) is 14.7. The molecule has 0 aliphatic carbocycles. The van der Waals surface area contributed by atoms with Crippen molar-refractivity contribution in [1.82, 2.24) is 3.97 Å². The van der Waals surface area contributed by atoms with Crippen LogP contribution < -0.4 is 4.74 Å². The lowest BCUT2D eigenvalue weighted by atomic mass is 10.1. The van der Waals surface area contributed by atoms with E-state index in [4.69, 9.17) is 0 Å². The molecule has 0 aliphatic heterocycles. The van der Waals surface area contributed by atoms with Crippen molar-refractivity contribution in [2.45, 2.75) is 11.3 Å². The Labute approximate surface area is 156 Å². The molecule has 3 rings (SSSR count). The number of nitrogens with zero attached hydrogens (tertiary/aromatic N) is 1. The second-order valence-corrected chi connectivity index (χ2v) is 7.42. The highest BCUT2D eigenvalue weighted by atomic mass is 32.2. The summed E-state index contributed by atoms with van der Waals surface area (Å²) in [7, 11) is -4.25. The van der Waals surface area contributed by atoms with Crippen LogP contribution in [-0.2, 0) is 10.0 Å². The van der Waals surface area contributed by atoms with Crippen molar-refractivity contribution in [3.8, 4) is 17.0 Å². The van der Waals surface area contributed by atoms with Crippen LogP contribution in [0.3, 0.4) is 0 Å². The highest BCUT2D eigenvalue weighted by molar-refractivity contribution is 7.90. The molecule has 0 fully saturated rings. The molecule has 0 aliphatic rings. The number of alkyl halides is 3. The minimum Gasteiger partial charge on any atom is -0.406 e. The first kappa shape index (κ1) is 19.6. The Morgan fingerprint density at radius 1 is 0.964 bits per heavy atom. The topological polar surface area (TPSA) is 65.4 Å². The van der Waals surface area contributed by atoms with Gasteiger partial charge < -0.3 is 4.74 Å². The van der Waals surface area contributed by atoms with Gasteiger partial charge in [0.05, 0.1) is 10.6 Å². The Hall–Kier alpha value is -3.14. The smallest absolute Gasteiger partial charge is 0.406 e. The van der Waals surface area contributed by atoms with Gasteiger partial charge in [-0.2, -0.15) is 0 Å².